The van der Waals surface area contributed by atoms with Gasteiger partial charge in [-0.2, -0.15) is 0 Å². The normalized spacial score (nSPS) is 11.7. The molecule has 0 heterocycles. The predicted octanol–water partition coefficient (Wildman–Crippen LogP) is 3.52. The van der Waals surface area contributed by atoms with Crippen molar-refractivity contribution in [1.29, 1.82) is 0 Å². The molecule has 0 unspecified atom stereocenters. The summed E-state index contributed by atoms with van der Waals surface area (Å²) in [7, 11) is 1.59. The summed E-state index contributed by atoms with van der Waals surface area (Å²) in [5.74, 6) is 1.13. The van der Waals surface area contributed by atoms with Crippen molar-refractivity contribution < 1.29 is 9.53 Å². The summed E-state index contributed by atoms with van der Waals surface area (Å²) in [6.45, 7) is 8.09. The molecule has 3 heteroatoms. The third kappa shape index (κ3) is 4.67. The van der Waals surface area contributed by atoms with E-state index in [1.807, 2.05) is 32.0 Å². The van der Waals surface area contributed by atoms with Gasteiger partial charge in [0, 0.05) is 12.0 Å². The first kappa shape index (κ1) is 15.7. The van der Waals surface area contributed by atoms with Crippen LogP contribution in [0.2, 0.25) is 0 Å². The lowest BCUT2D eigenvalue weighted by Gasteiger charge is -2.18. The number of benzene rings is 1. The van der Waals surface area contributed by atoms with Gasteiger partial charge in [-0.05, 0) is 43.9 Å². The number of ketones is 1. The minimum Gasteiger partial charge on any atom is -0.496 e. The molecule has 106 valence electrons. The molecule has 0 radical (unpaired) electrons. The van der Waals surface area contributed by atoms with E-state index in [4.69, 9.17) is 10.5 Å². The molecule has 3 nitrogen and oxygen atoms in total. The van der Waals surface area contributed by atoms with Crippen molar-refractivity contribution in [2.45, 2.75) is 52.0 Å². The summed E-state index contributed by atoms with van der Waals surface area (Å²) in [5.41, 5.74) is 7.42. The molecule has 0 saturated heterocycles. The zero-order chi connectivity index (χ0) is 14.6. The number of ether oxygens (including phenoxy) is 1. The van der Waals surface area contributed by atoms with Crippen molar-refractivity contribution in [1.82, 2.24) is 0 Å². The maximum absolute atomic E-state index is 12.3. The molecule has 0 aromatic heterocycles. The fraction of sp³-hybridized carbons (Fsp3) is 0.562. The van der Waals surface area contributed by atoms with Crippen LogP contribution in [-0.2, 0) is 0 Å². The highest BCUT2D eigenvalue weighted by Gasteiger charge is 2.18. The number of Topliss-reactive ketones (excluding diaryl/α,β-unsaturated/α-hetero) is 1. The van der Waals surface area contributed by atoms with Gasteiger partial charge >= 0.3 is 0 Å². The van der Waals surface area contributed by atoms with Crippen molar-refractivity contribution in [2.24, 2.45) is 5.73 Å². The summed E-state index contributed by atoms with van der Waals surface area (Å²) < 4.78 is 5.28. The van der Waals surface area contributed by atoms with Crippen LogP contribution in [0.25, 0.3) is 0 Å². The Balaban J connectivity index is 2.96. The van der Waals surface area contributed by atoms with E-state index in [1.54, 1.807) is 7.11 Å². The smallest absolute Gasteiger partial charge is 0.166 e. The molecule has 0 spiro atoms. The maximum Gasteiger partial charge on any atom is 0.166 e. The quantitative estimate of drug-likeness (QED) is 0.799. The van der Waals surface area contributed by atoms with Crippen molar-refractivity contribution in [3.05, 3.63) is 29.3 Å². The Bertz CT molecular complexity index is 445. The first-order chi connectivity index (χ1) is 8.74. The Morgan fingerprint density at radius 1 is 1.37 bits per heavy atom. The minimum atomic E-state index is -0.321. The van der Waals surface area contributed by atoms with Crippen LogP contribution >= 0.6 is 0 Å². The first-order valence-electron chi connectivity index (χ1n) is 6.74. The van der Waals surface area contributed by atoms with Crippen LogP contribution in [0.3, 0.4) is 0 Å². The molecular formula is C16H25NO2. The Hall–Kier alpha value is -1.35. The fourth-order valence-electron chi connectivity index (χ4n) is 1.87. The number of hydrogen-bond acceptors (Lipinski definition) is 3. The van der Waals surface area contributed by atoms with Crippen LogP contribution in [0.5, 0.6) is 5.75 Å². The van der Waals surface area contributed by atoms with Gasteiger partial charge in [-0.25, -0.2) is 0 Å². The minimum absolute atomic E-state index is 0.0953. The topological polar surface area (TPSA) is 52.3 Å². The average molecular weight is 263 g/mol. The van der Waals surface area contributed by atoms with Crippen LogP contribution in [0.4, 0.5) is 0 Å². The van der Waals surface area contributed by atoms with Crippen LogP contribution in [-0.4, -0.2) is 18.4 Å². The molecule has 0 atom stereocenters. The summed E-state index contributed by atoms with van der Waals surface area (Å²) in [6, 6.07) is 5.82. The lowest BCUT2D eigenvalue weighted by Crippen LogP contribution is -2.32. The van der Waals surface area contributed by atoms with Crippen molar-refractivity contribution >= 4 is 5.78 Å². The number of carbonyl (C=O) groups excluding carboxylic acids is 1. The Kier molecular flexibility index (Phi) is 5.12. The molecule has 0 fully saturated rings. The Morgan fingerprint density at radius 3 is 2.47 bits per heavy atom. The number of hydrogen-bond donors (Lipinski definition) is 1. The predicted molar refractivity (Wildman–Crippen MR) is 78.9 cm³/mol. The van der Waals surface area contributed by atoms with Gasteiger partial charge in [0.05, 0.1) is 12.7 Å². The molecular weight excluding hydrogens is 238 g/mol. The van der Waals surface area contributed by atoms with E-state index in [0.29, 0.717) is 30.1 Å². The monoisotopic (exact) mass is 263 g/mol. The average Bonchev–Trinajstić information content (AvgIpc) is 2.34. The SMILES string of the molecule is COc1ccc(C(C)C)cc1C(=O)CCC(C)(C)N. The highest BCUT2D eigenvalue weighted by atomic mass is 16.5. The number of methoxy groups -OCH3 is 1. The first-order valence-corrected chi connectivity index (χ1v) is 6.74. The molecule has 1 aromatic rings. The summed E-state index contributed by atoms with van der Waals surface area (Å²) in [5, 5.41) is 0. The lowest BCUT2D eigenvalue weighted by molar-refractivity contribution is 0.0969. The highest BCUT2D eigenvalue weighted by molar-refractivity contribution is 5.98. The third-order valence-electron chi connectivity index (χ3n) is 3.19. The summed E-state index contributed by atoms with van der Waals surface area (Å²) in [4.78, 5) is 12.3. The zero-order valence-electron chi connectivity index (χ0n) is 12.6. The van der Waals surface area contributed by atoms with E-state index in [2.05, 4.69) is 13.8 Å². The molecule has 1 rings (SSSR count). The summed E-state index contributed by atoms with van der Waals surface area (Å²) in [6.07, 6.45) is 1.11. The van der Waals surface area contributed by atoms with Crippen LogP contribution in [0, 0.1) is 0 Å². The van der Waals surface area contributed by atoms with E-state index in [-0.39, 0.29) is 11.3 Å². The molecule has 0 aliphatic carbocycles. The fourth-order valence-corrected chi connectivity index (χ4v) is 1.87. The molecule has 1 aromatic carbocycles. The van der Waals surface area contributed by atoms with Crippen molar-refractivity contribution in [3.8, 4) is 5.75 Å². The van der Waals surface area contributed by atoms with Crippen LogP contribution in [0.15, 0.2) is 18.2 Å². The zero-order valence-corrected chi connectivity index (χ0v) is 12.6. The van der Waals surface area contributed by atoms with E-state index in [9.17, 15) is 4.79 Å². The van der Waals surface area contributed by atoms with Gasteiger partial charge in [0.1, 0.15) is 5.75 Å². The second-order valence-corrected chi connectivity index (χ2v) is 6.03. The Labute approximate surface area is 116 Å². The highest BCUT2D eigenvalue weighted by Crippen LogP contribution is 2.26. The van der Waals surface area contributed by atoms with Gasteiger partial charge in [-0.3, -0.25) is 4.79 Å². The van der Waals surface area contributed by atoms with Crippen LogP contribution < -0.4 is 10.5 Å². The van der Waals surface area contributed by atoms with Crippen LogP contribution in [0.1, 0.15) is 62.4 Å². The largest absolute Gasteiger partial charge is 0.496 e. The van der Waals surface area contributed by atoms with E-state index < -0.39 is 0 Å². The van der Waals surface area contributed by atoms with E-state index in [1.165, 1.54) is 0 Å². The van der Waals surface area contributed by atoms with Gasteiger partial charge in [0.15, 0.2) is 5.78 Å². The molecule has 0 amide bonds. The van der Waals surface area contributed by atoms with Gasteiger partial charge in [0.2, 0.25) is 0 Å². The van der Waals surface area contributed by atoms with Crippen molar-refractivity contribution in [3.63, 3.8) is 0 Å². The molecule has 2 N–H and O–H groups in total. The molecule has 0 aliphatic heterocycles. The number of nitrogens with two attached hydrogens (primary N) is 1. The van der Waals surface area contributed by atoms with Gasteiger partial charge < -0.3 is 10.5 Å². The maximum atomic E-state index is 12.3. The second kappa shape index (κ2) is 6.20. The molecule has 0 aliphatic rings. The Morgan fingerprint density at radius 2 is 2.00 bits per heavy atom. The summed E-state index contributed by atoms with van der Waals surface area (Å²) >= 11 is 0. The van der Waals surface area contributed by atoms with Gasteiger partial charge in [-0.15, -0.1) is 0 Å². The lowest BCUT2D eigenvalue weighted by atomic mass is 9.93. The molecule has 0 saturated carbocycles. The van der Waals surface area contributed by atoms with E-state index >= 15 is 0 Å². The standard InChI is InChI=1S/C16H25NO2/c1-11(2)12-6-7-15(19-5)13(10-12)14(18)8-9-16(3,4)17/h6-7,10-11H,8-9,17H2,1-5H3. The van der Waals surface area contributed by atoms with Gasteiger partial charge in [0.25, 0.3) is 0 Å². The molecule has 0 bridgehead atoms. The number of carbonyl (C=O) groups is 1. The van der Waals surface area contributed by atoms with Crippen molar-refractivity contribution in [2.75, 3.05) is 7.11 Å². The third-order valence-corrected chi connectivity index (χ3v) is 3.19. The molecule has 19 heavy (non-hydrogen) atoms. The second-order valence-electron chi connectivity index (χ2n) is 6.03. The van der Waals surface area contributed by atoms with E-state index in [0.717, 1.165) is 5.56 Å². The van der Waals surface area contributed by atoms with Gasteiger partial charge in [-0.1, -0.05) is 19.9 Å². The number of rotatable bonds is 6.